The predicted octanol–water partition coefficient (Wildman–Crippen LogP) is 4.75. The van der Waals surface area contributed by atoms with Crippen LogP contribution in [0.1, 0.15) is 61.8 Å². The Bertz CT molecular complexity index is 1330. The molecule has 0 radical (unpaired) electrons. The van der Waals surface area contributed by atoms with Gasteiger partial charge in [-0.05, 0) is 54.5 Å². The summed E-state index contributed by atoms with van der Waals surface area (Å²) in [6.07, 6.45) is 4.19. The van der Waals surface area contributed by atoms with Gasteiger partial charge in [0.15, 0.2) is 0 Å². The Kier molecular flexibility index (Phi) is 9.90. The Balaban J connectivity index is 1.53. The van der Waals surface area contributed by atoms with Crippen LogP contribution in [0.2, 0.25) is 0 Å². The maximum absolute atomic E-state index is 13.8. The molecule has 0 heterocycles. The normalized spacial score (nSPS) is 14.0. The molecule has 4 rings (SSSR count). The summed E-state index contributed by atoms with van der Waals surface area (Å²) < 4.78 is 27.6. The Labute approximate surface area is 231 Å². The fourth-order valence-electron chi connectivity index (χ4n) is 4.42. The Morgan fingerprint density at radius 1 is 0.897 bits per heavy atom. The van der Waals surface area contributed by atoms with Crippen molar-refractivity contribution in [3.05, 3.63) is 102 Å². The van der Waals surface area contributed by atoms with Crippen LogP contribution in [0.5, 0.6) is 0 Å². The number of hydrogen-bond acceptors (Lipinski definition) is 4. The highest BCUT2D eigenvalue weighted by atomic mass is 32.2. The van der Waals surface area contributed by atoms with Gasteiger partial charge in [0.1, 0.15) is 6.04 Å². The summed E-state index contributed by atoms with van der Waals surface area (Å²) >= 11 is 0. The molecular weight excluding hydrogens is 510 g/mol. The summed E-state index contributed by atoms with van der Waals surface area (Å²) in [4.78, 5) is 29.1. The maximum Gasteiger partial charge on any atom is 0.247 e. The zero-order valence-electron chi connectivity index (χ0n) is 22.4. The molecule has 39 heavy (non-hydrogen) atoms. The number of rotatable bonds is 14. The minimum absolute atomic E-state index is 0.0413. The van der Waals surface area contributed by atoms with Gasteiger partial charge in [-0.2, -0.15) is 0 Å². The van der Waals surface area contributed by atoms with Crippen molar-refractivity contribution in [1.29, 1.82) is 0 Å². The van der Waals surface area contributed by atoms with Crippen LogP contribution in [0.25, 0.3) is 0 Å². The number of carbonyl (C=O) groups excluding carboxylic acids is 2. The Morgan fingerprint density at radius 3 is 2.15 bits per heavy atom. The van der Waals surface area contributed by atoms with Crippen LogP contribution in [-0.4, -0.2) is 37.7 Å². The third-order valence-electron chi connectivity index (χ3n) is 6.78. The molecule has 2 N–H and O–H groups in total. The second-order valence-electron chi connectivity index (χ2n) is 10.0. The summed E-state index contributed by atoms with van der Waals surface area (Å²) in [5, 5.41) is 3.02. The molecule has 0 aliphatic heterocycles. The van der Waals surface area contributed by atoms with E-state index in [4.69, 9.17) is 0 Å². The lowest BCUT2D eigenvalue weighted by molar-refractivity contribution is -0.141. The Hall–Kier alpha value is -3.49. The van der Waals surface area contributed by atoms with E-state index in [0.29, 0.717) is 19.5 Å². The summed E-state index contributed by atoms with van der Waals surface area (Å²) in [7, 11) is -3.52. The minimum Gasteiger partial charge on any atom is -0.354 e. The van der Waals surface area contributed by atoms with Gasteiger partial charge < -0.3 is 10.2 Å². The van der Waals surface area contributed by atoms with E-state index < -0.39 is 16.1 Å². The highest BCUT2D eigenvalue weighted by Crippen LogP contribution is 2.26. The first kappa shape index (κ1) is 28.5. The van der Waals surface area contributed by atoms with Crippen LogP contribution in [0.4, 0.5) is 0 Å². The quantitative estimate of drug-likeness (QED) is 0.285. The summed E-state index contributed by atoms with van der Waals surface area (Å²) in [6.45, 7) is 2.92. The number of amides is 2. The van der Waals surface area contributed by atoms with E-state index in [2.05, 4.69) is 17.0 Å². The number of nitrogens with one attached hydrogen (secondary N) is 2. The van der Waals surface area contributed by atoms with Gasteiger partial charge in [0.2, 0.25) is 21.8 Å². The molecule has 1 aliphatic carbocycles. The maximum atomic E-state index is 13.8. The van der Waals surface area contributed by atoms with Crippen LogP contribution in [-0.2, 0) is 32.6 Å². The first-order valence-electron chi connectivity index (χ1n) is 13.6. The third kappa shape index (κ3) is 8.25. The van der Waals surface area contributed by atoms with E-state index in [-0.39, 0.29) is 29.2 Å². The summed E-state index contributed by atoms with van der Waals surface area (Å²) in [6, 6.07) is 25.0. The van der Waals surface area contributed by atoms with Crippen molar-refractivity contribution in [2.24, 2.45) is 0 Å². The van der Waals surface area contributed by atoms with Gasteiger partial charge in [-0.1, -0.05) is 86.1 Å². The zero-order chi connectivity index (χ0) is 27.7. The van der Waals surface area contributed by atoms with Crippen LogP contribution >= 0.6 is 0 Å². The number of nitrogens with zero attached hydrogens (tertiary/aromatic N) is 1. The molecule has 0 saturated heterocycles. The lowest BCUT2D eigenvalue weighted by Gasteiger charge is -2.32. The minimum atomic E-state index is -3.52. The van der Waals surface area contributed by atoms with Crippen LogP contribution in [0.15, 0.2) is 89.8 Å². The fourth-order valence-corrected chi connectivity index (χ4v) is 5.72. The van der Waals surface area contributed by atoms with E-state index in [0.717, 1.165) is 42.4 Å². The largest absolute Gasteiger partial charge is 0.354 e. The molecule has 1 fully saturated rings. The molecule has 1 saturated carbocycles. The summed E-state index contributed by atoms with van der Waals surface area (Å²) in [5.74, 6) is -0.345. The number of unbranched alkanes of at least 4 members (excludes halogenated alkanes) is 1. The number of benzene rings is 3. The van der Waals surface area contributed by atoms with Crippen molar-refractivity contribution < 1.29 is 18.0 Å². The topological polar surface area (TPSA) is 95.6 Å². The van der Waals surface area contributed by atoms with Gasteiger partial charge >= 0.3 is 0 Å². The number of aryl methyl sites for hydroxylation is 1. The molecule has 8 heteroatoms. The monoisotopic (exact) mass is 547 g/mol. The standard InChI is InChI=1S/C31H37N3O4S/c1-2-3-22-32-31(36)30(26-12-8-5-9-13-26)34(23-25-10-6-4-7-11-25)29(35)21-16-24-14-19-28(20-15-24)39(37,38)33-27-17-18-27/h4-15,19-20,27,30,33H,2-3,16-18,21-23H2,1H3,(H,32,36)/t30-/m1/s1. The van der Waals surface area contributed by atoms with Gasteiger partial charge in [0.25, 0.3) is 0 Å². The second-order valence-corrected chi connectivity index (χ2v) is 11.7. The van der Waals surface area contributed by atoms with Gasteiger partial charge in [-0.3, -0.25) is 9.59 Å². The number of hydrogen-bond donors (Lipinski definition) is 2. The van der Waals surface area contributed by atoms with Gasteiger partial charge in [0.05, 0.1) is 4.90 Å². The number of carbonyl (C=O) groups is 2. The van der Waals surface area contributed by atoms with Crippen LogP contribution < -0.4 is 10.0 Å². The Morgan fingerprint density at radius 2 is 1.54 bits per heavy atom. The van der Waals surface area contributed by atoms with Gasteiger partial charge in [-0.15, -0.1) is 0 Å². The SMILES string of the molecule is CCCCNC(=O)[C@@H](c1ccccc1)N(Cc1ccccc1)C(=O)CCc1ccc(S(=O)(=O)NC2CC2)cc1. The zero-order valence-corrected chi connectivity index (χ0v) is 23.2. The molecular formula is C31H37N3O4S. The highest BCUT2D eigenvalue weighted by Gasteiger charge is 2.31. The molecule has 0 bridgehead atoms. The van der Waals surface area contributed by atoms with Crippen molar-refractivity contribution in [3.8, 4) is 0 Å². The molecule has 3 aromatic rings. The molecule has 1 atom stereocenters. The lowest BCUT2D eigenvalue weighted by Crippen LogP contribution is -2.43. The van der Waals surface area contributed by atoms with Crippen molar-refractivity contribution in [2.45, 2.75) is 69.0 Å². The van der Waals surface area contributed by atoms with Gasteiger partial charge in [0, 0.05) is 25.6 Å². The van der Waals surface area contributed by atoms with E-state index in [1.165, 1.54) is 0 Å². The van der Waals surface area contributed by atoms with E-state index >= 15 is 0 Å². The first-order valence-corrected chi connectivity index (χ1v) is 15.1. The number of sulfonamides is 1. The van der Waals surface area contributed by atoms with Crippen molar-refractivity contribution in [2.75, 3.05) is 6.54 Å². The van der Waals surface area contributed by atoms with Crippen molar-refractivity contribution in [3.63, 3.8) is 0 Å². The van der Waals surface area contributed by atoms with Gasteiger partial charge in [-0.25, -0.2) is 13.1 Å². The predicted molar refractivity (Wildman–Crippen MR) is 152 cm³/mol. The van der Waals surface area contributed by atoms with E-state index in [9.17, 15) is 18.0 Å². The smallest absolute Gasteiger partial charge is 0.247 e. The lowest BCUT2D eigenvalue weighted by atomic mass is 10.0. The molecule has 0 aromatic heterocycles. The first-order chi connectivity index (χ1) is 18.9. The molecule has 206 valence electrons. The summed E-state index contributed by atoms with van der Waals surface area (Å²) in [5.41, 5.74) is 2.55. The molecule has 0 spiro atoms. The second kappa shape index (κ2) is 13.5. The van der Waals surface area contributed by atoms with E-state index in [1.807, 2.05) is 60.7 Å². The molecule has 1 aliphatic rings. The van der Waals surface area contributed by atoms with Crippen LogP contribution in [0, 0.1) is 0 Å². The molecule has 3 aromatic carbocycles. The average Bonchev–Trinajstić information content (AvgIpc) is 3.76. The van der Waals surface area contributed by atoms with Crippen molar-refractivity contribution >= 4 is 21.8 Å². The molecule has 2 amide bonds. The molecule has 0 unspecified atom stereocenters. The third-order valence-corrected chi connectivity index (χ3v) is 8.32. The van der Waals surface area contributed by atoms with Crippen LogP contribution in [0.3, 0.4) is 0 Å². The molecule has 7 nitrogen and oxygen atoms in total. The van der Waals surface area contributed by atoms with E-state index in [1.54, 1.807) is 29.2 Å². The highest BCUT2D eigenvalue weighted by molar-refractivity contribution is 7.89. The average molecular weight is 548 g/mol. The fraction of sp³-hybridized carbons (Fsp3) is 0.355. The van der Waals surface area contributed by atoms with Crippen molar-refractivity contribution in [1.82, 2.24) is 14.9 Å².